The maximum Gasteiger partial charge on any atom is 0.0446 e. The summed E-state index contributed by atoms with van der Waals surface area (Å²) in [5.41, 5.74) is 2.78. The van der Waals surface area contributed by atoms with Crippen molar-refractivity contribution in [3.05, 3.63) is 29.8 Å². The van der Waals surface area contributed by atoms with Crippen molar-refractivity contribution in [1.82, 2.24) is 5.32 Å². The molecule has 0 saturated carbocycles. The predicted molar refractivity (Wildman–Crippen MR) is 80.7 cm³/mol. The highest BCUT2D eigenvalue weighted by Gasteiger charge is 2.23. The zero-order chi connectivity index (χ0) is 13.7. The summed E-state index contributed by atoms with van der Waals surface area (Å²) in [7, 11) is 0. The van der Waals surface area contributed by atoms with E-state index in [9.17, 15) is 5.11 Å². The lowest BCUT2D eigenvalue weighted by Crippen LogP contribution is -2.41. The van der Waals surface area contributed by atoms with Gasteiger partial charge in [-0.1, -0.05) is 25.1 Å². The summed E-state index contributed by atoms with van der Waals surface area (Å²) in [5, 5.41) is 12.7. The quantitative estimate of drug-likeness (QED) is 0.873. The lowest BCUT2D eigenvalue weighted by Gasteiger charge is -2.33. The van der Waals surface area contributed by atoms with Gasteiger partial charge in [-0.05, 0) is 44.4 Å². The molecule has 1 heterocycles. The van der Waals surface area contributed by atoms with Crippen LogP contribution >= 0.6 is 0 Å². The lowest BCUT2D eigenvalue weighted by atomic mass is 10.1. The summed E-state index contributed by atoms with van der Waals surface area (Å²) in [6, 6.07) is 9.64. The fourth-order valence-electron chi connectivity index (χ4n) is 2.91. The Labute approximate surface area is 116 Å². The minimum absolute atomic E-state index is 0.259. The SMILES string of the molecule is CCc1ccccc1N1CC(CCO)NCCC1C. The number of para-hydroxylation sites is 1. The van der Waals surface area contributed by atoms with Crippen LogP contribution in [0.5, 0.6) is 0 Å². The van der Waals surface area contributed by atoms with Crippen LogP contribution in [0.2, 0.25) is 0 Å². The van der Waals surface area contributed by atoms with E-state index in [0.29, 0.717) is 12.1 Å². The summed E-state index contributed by atoms with van der Waals surface area (Å²) in [6.45, 7) is 6.80. The van der Waals surface area contributed by atoms with Crippen LogP contribution in [0.3, 0.4) is 0 Å². The van der Waals surface area contributed by atoms with Crippen molar-refractivity contribution in [2.75, 3.05) is 24.6 Å². The second-order valence-corrected chi connectivity index (χ2v) is 5.44. The zero-order valence-corrected chi connectivity index (χ0v) is 12.1. The third-order valence-corrected chi connectivity index (χ3v) is 4.10. The molecular formula is C16H26N2O. The summed E-state index contributed by atoms with van der Waals surface area (Å²) in [6.07, 6.45) is 3.05. The molecule has 1 aromatic rings. The van der Waals surface area contributed by atoms with Gasteiger partial charge in [0.2, 0.25) is 0 Å². The molecule has 0 bridgehead atoms. The van der Waals surface area contributed by atoms with Crippen LogP contribution in [0.15, 0.2) is 24.3 Å². The smallest absolute Gasteiger partial charge is 0.0446 e. The first kappa shape index (κ1) is 14.4. The normalized spacial score (nSPS) is 24.3. The van der Waals surface area contributed by atoms with Crippen LogP contribution in [0, 0.1) is 0 Å². The maximum atomic E-state index is 9.18. The molecule has 106 valence electrons. The third kappa shape index (κ3) is 3.48. The standard InChI is InChI=1S/C16H26N2O/c1-3-14-6-4-5-7-16(14)18-12-15(9-11-19)17-10-8-13(18)2/h4-7,13,15,17,19H,3,8-12H2,1-2H3. The highest BCUT2D eigenvalue weighted by atomic mass is 16.3. The molecule has 1 aliphatic heterocycles. The fourth-order valence-corrected chi connectivity index (χ4v) is 2.91. The number of hydrogen-bond donors (Lipinski definition) is 2. The Bertz CT molecular complexity index is 394. The fraction of sp³-hybridized carbons (Fsp3) is 0.625. The van der Waals surface area contributed by atoms with Gasteiger partial charge in [-0.15, -0.1) is 0 Å². The zero-order valence-electron chi connectivity index (χ0n) is 12.1. The molecular weight excluding hydrogens is 236 g/mol. The Morgan fingerprint density at radius 3 is 2.89 bits per heavy atom. The van der Waals surface area contributed by atoms with Crippen LogP contribution in [-0.2, 0) is 6.42 Å². The molecule has 0 radical (unpaired) electrons. The van der Waals surface area contributed by atoms with Gasteiger partial charge in [0.25, 0.3) is 0 Å². The van der Waals surface area contributed by atoms with Crippen molar-refractivity contribution in [3.63, 3.8) is 0 Å². The van der Waals surface area contributed by atoms with Crippen molar-refractivity contribution >= 4 is 5.69 Å². The average Bonchev–Trinajstić information content (AvgIpc) is 2.61. The molecule has 2 unspecified atom stereocenters. The van der Waals surface area contributed by atoms with E-state index >= 15 is 0 Å². The monoisotopic (exact) mass is 262 g/mol. The molecule has 0 spiro atoms. The number of nitrogens with one attached hydrogen (secondary N) is 1. The maximum absolute atomic E-state index is 9.18. The van der Waals surface area contributed by atoms with Crippen LogP contribution in [-0.4, -0.2) is 36.9 Å². The number of aliphatic hydroxyl groups is 1. The second kappa shape index (κ2) is 6.92. The Morgan fingerprint density at radius 2 is 2.16 bits per heavy atom. The van der Waals surface area contributed by atoms with Crippen molar-refractivity contribution in [3.8, 4) is 0 Å². The summed E-state index contributed by atoms with van der Waals surface area (Å²) in [4.78, 5) is 2.51. The molecule has 1 aromatic carbocycles. The van der Waals surface area contributed by atoms with Crippen LogP contribution in [0.1, 0.15) is 32.3 Å². The van der Waals surface area contributed by atoms with Gasteiger partial charge in [0.1, 0.15) is 0 Å². The van der Waals surface area contributed by atoms with Crippen molar-refractivity contribution in [2.24, 2.45) is 0 Å². The lowest BCUT2D eigenvalue weighted by molar-refractivity contribution is 0.267. The molecule has 0 amide bonds. The number of aryl methyl sites for hydroxylation is 1. The number of hydrogen-bond acceptors (Lipinski definition) is 3. The minimum Gasteiger partial charge on any atom is -0.396 e. The molecule has 2 rings (SSSR count). The van der Waals surface area contributed by atoms with Gasteiger partial charge in [-0.25, -0.2) is 0 Å². The Balaban J connectivity index is 2.23. The molecule has 2 atom stereocenters. The minimum atomic E-state index is 0.259. The molecule has 1 saturated heterocycles. The van der Waals surface area contributed by atoms with E-state index in [1.165, 1.54) is 11.3 Å². The average molecular weight is 262 g/mol. The van der Waals surface area contributed by atoms with E-state index in [1.54, 1.807) is 0 Å². The van der Waals surface area contributed by atoms with Crippen molar-refractivity contribution < 1.29 is 5.11 Å². The molecule has 2 N–H and O–H groups in total. The first-order valence-electron chi connectivity index (χ1n) is 7.45. The molecule has 1 aliphatic rings. The molecule has 0 aliphatic carbocycles. The van der Waals surface area contributed by atoms with Crippen LogP contribution in [0.25, 0.3) is 0 Å². The second-order valence-electron chi connectivity index (χ2n) is 5.44. The highest BCUT2D eigenvalue weighted by Crippen LogP contribution is 2.25. The molecule has 3 heteroatoms. The van der Waals surface area contributed by atoms with Gasteiger partial charge in [-0.2, -0.15) is 0 Å². The first-order valence-corrected chi connectivity index (χ1v) is 7.45. The van der Waals surface area contributed by atoms with Crippen molar-refractivity contribution in [1.29, 1.82) is 0 Å². The van der Waals surface area contributed by atoms with Gasteiger partial charge < -0.3 is 15.3 Å². The summed E-state index contributed by atoms with van der Waals surface area (Å²) in [5.74, 6) is 0. The molecule has 1 fully saturated rings. The Morgan fingerprint density at radius 1 is 1.37 bits per heavy atom. The Kier molecular flexibility index (Phi) is 5.23. The van der Waals surface area contributed by atoms with Crippen molar-refractivity contribution in [2.45, 2.75) is 45.2 Å². The predicted octanol–water partition coefficient (Wildman–Crippen LogP) is 2.19. The largest absolute Gasteiger partial charge is 0.396 e. The number of nitrogens with zero attached hydrogens (tertiary/aromatic N) is 1. The Hall–Kier alpha value is -1.06. The first-order chi connectivity index (χ1) is 9.26. The number of benzene rings is 1. The van der Waals surface area contributed by atoms with E-state index in [0.717, 1.165) is 32.4 Å². The summed E-state index contributed by atoms with van der Waals surface area (Å²) < 4.78 is 0. The number of rotatable bonds is 4. The molecule has 19 heavy (non-hydrogen) atoms. The highest BCUT2D eigenvalue weighted by molar-refractivity contribution is 5.54. The topological polar surface area (TPSA) is 35.5 Å². The van der Waals surface area contributed by atoms with E-state index < -0.39 is 0 Å². The number of aliphatic hydroxyl groups excluding tert-OH is 1. The van der Waals surface area contributed by atoms with Gasteiger partial charge in [0.15, 0.2) is 0 Å². The van der Waals surface area contributed by atoms with Gasteiger partial charge in [0.05, 0.1) is 0 Å². The van der Waals surface area contributed by atoms with Crippen LogP contribution in [0.4, 0.5) is 5.69 Å². The van der Waals surface area contributed by atoms with Gasteiger partial charge in [0, 0.05) is 30.9 Å². The number of anilines is 1. The van der Waals surface area contributed by atoms with Crippen LogP contribution < -0.4 is 10.2 Å². The summed E-state index contributed by atoms with van der Waals surface area (Å²) >= 11 is 0. The van der Waals surface area contributed by atoms with E-state index in [-0.39, 0.29) is 6.61 Å². The van der Waals surface area contributed by atoms with E-state index in [2.05, 4.69) is 48.3 Å². The van der Waals surface area contributed by atoms with Gasteiger partial charge >= 0.3 is 0 Å². The molecule has 3 nitrogen and oxygen atoms in total. The molecule has 0 aromatic heterocycles. The van der Waals surface area contributed by atoms with E-state index in [1.807, 2.05) is 0 Å². The van der Waals surface area contributed by atoms with E-state index in [4.69, 9.17) is 0 Å². The third-order valence-electron chi connectivity index (χ3n) is 4.10. The van der Waals surface area contributed by atoms with Gasteiger partial charge in [-0.3, -0.25) is 0 Å².